The van der Waals surface area contributed by atoms with Gasteiger partial charge in [0.25, 0.3) is 0 Å². The minimum Gasteiger partial charge on any atom is -0.309 e. The fourth-order valence-corrected chi connectivity index (χ4v) is 8.00. The number of hydrogen-bond donors (Lipinski definition) is 0. The van der Waals surface area contributed by atoms with E-state index in [1.165, 1.54) is 60.4 Å². The van der Waals surface area contributed by atoms with Gasteiger partial charge in [0.1, 0.15) is 0 Å². The minimum absolute atomic E-state index is 0.750. The molecule has 3 heteroatoms. The van der Waals surface area contributed by atoms with E-state index in [2.05, 4.69) is 168 Å². The number of nitrogens with zero attached hydrogens (tertiary/aromatic N) is 3. The SMILES string of the molecule is C1=C(c2cc(-c3ccccc3)nc(-c3ccccc3)n2)CCC(c2cccc3cccc(-c4ccc(-n5c6ccccc6c6ccccc65)cc4)c23)=C1. The summed E-state index contributed by atoms with van der Waals surface area (Å²) in [5, 5.41) is 5.09. The van der Waals surface area contributed by atoms with Crippen molar-refractivity contribution in [3.05, 3.63) is 199 Å². The van der Waals surface area contributed by atoms with Crippen molar-refractivity contribution in [1.82, 2.24) is 14.5 Å². The Balaban J connectivity index is 1.04. The number of fused-ring (bicyclic) bond motifs is 4. The van der Waals surface area contributed by atoms with Gasteiger partial charge in [-0.15, -0.1) is 0 Å². The zero-order valence-electron chi connectivity index (χ0n) is 29.2. The quantitative estimate of drug-likeness (QED) is 0.175. The highest BCUT2D eigenvalue weighted by Gasteiger charge is 2.18. The molecule has 0 radical (unpaired) electrons. The van der Waals surface area contributed by atoms with E-state index < -0.39 is 0 Å². The Morgan fingerprint density at radius 1 is 0.415 bits per heavy atom. The molecule has 0 amide bonds. The highest BCUT2D eigenvalue weighted by Crippen LogP contribution is 2.40. The standard InChI is InChI=1S/C50H35N3/c1-3-13-36(14-4-1)45-33-46(52-50(51-45)39-15-5-2-6-16-39)37-27-25-34(26-28-37)41-21-11-17-38-18-12-22-42(49(38)41)35-29-31-40(32-30-35)53-47-23-9-7-19-43(47)44-20-8-10-24-48(44)53/h1-25,27,29-33H,26,28H2. The van der Waals surface area contributed by atoms with Crippen LogP contribution in [0.15, 0.2) is 188 Å². The van der Waals surface area contributed by atoms with Gasteiger partial charge in [-0.25, -0.2) is 9.97 Å². The third-order valence-corrected chi connectivity index (χ3v) is 10.6. The molecule has 0 fully saturated rings. The molecule has 0 saturated carbocycles. The average molecular weight is 678 g/mol. The molecule has 0 spiro atoms. The second-order valence-corrected chi connectivity index (χ2v) is 13.7. The maximum atomic E-state index is 5.10. The maximum Gasteiger partial charge on any atom is 0.160 e. The minimum atomic E-state index is 0.750. The molecule has 2 heterocycles. The van der Waals surface area contributed by atoms with Crippen LogP contribution in [0.5, 0.6) is 0 Å². The molecule has 0 N–H and O–H groups in total. The maximum absolute atomic E-state index is 5.10. The molecular weight excluding hydrogens is 643 g/mol. The van der Waals surface area contributed by atoms with Gasteiger partial charge in [-0.1, -0.05) is 158 Å². The van der Waals surface area contributed by atoms with Crippen LogP contribution in [-0.4, -0.2) is 14.5 Å². The lowest BCUT2D eigenvalue weighted by Gasteiger charge is -2.19. The van der Waals surface area contributed by atoms with Crippen LogP contribution in [0.25, 0.3) is 83.2 Å². The zero-order valence-corrected chi connectivity index (χ0v) is 29.2. The van der Waals surface area contributed by atoms with Crippen molar-refractivity contribution < 1.29 is 0 Å². The predicted molar refractivity (Wildman–Crippen MR) is 222 cm³/mol. The molecular formula is C50H35N3. The fraction of sp³-hybridized carbons (Fsp3) is 0.0400. The Hall–Kier alpha value is -6.84. The summed E-state index contributed by atoms with van der Waals surface area (Å²) in [6, 6.07) is 62.7. The van der Waals surface area contributed by atoms with Crippen molar-refractivity contribution in [2.24, 2.45) is 0 Å². The van der Waals surface area contributed by atoms with Crippen molar-refractivity contribution >= 4 is 43.7 Å². The Bertz CT molecular complexity index is 2740. The summed E-state index contributed by atoms with van der Waals surface area (Å²) in [6.07, 6.45) is 6.41. The summed E-state index contributed by atoms with van der Waals surface area (Å²) in [5.74, 6) is 0.750. The smallest absolute Gasteiger partial charge is 0.160 e. The van der Waals surface area contributed by atoms with E-state index in [1.54, 1.807) is 0 Å². The molecule has 10 rings (SSSR count). The van der Waals surface area contributed by atoms with E-state index in [0.29, 0.717) is 0 Å². The van der Waals surface area contributed by atoms with Gasteiger partial charge < -0.3 is 4.57 Å². The monoisotopic (exact) mass is 677 g/mol. The van der Waals surface area contributed by atoms with Gasteiger partial charge in [0.2, 0.25) is 0 Å². The van der Waals surface area contributed by atoms with Crippen molar-refractivity contribution in [1.29, 1.82) is 0 Å². The number of aromatic nitrogens is 3. The lowest BCUT2D eigenvalue weighted by Crippen LogP contribution is -2.01. The van der Waals surface area contributed by atoms with E-state index >= 15 is 0 Å². The first-order valence-corrected chi connectivity index (χ1v) is 18.3. The highest BCUT2D eigenvalue weighted by atomic mass is 15.0. The Morgan fingerprint density at radius 3 is 1.64 bits per heavy atom. The first kappa shape index (κ1) is 30.9. The van der Waals surface area contributed by atoms with Crippen LogP contribution < -0.4 is 0 Å². The van der Waals surface area contributed by atoms with Crippen LogP contribution in [0.4, 0.5) is 0 Å². The molecule has 0 atom stereocenters. The molecule has 1 aliphatic rings. The number of allylic oxidation sites excluding steroid dienone is 4. The zero-order chi connectivity index (χ0) is 35.1. The van der Waals surface area contributed by atoms with Crippen LogP contribution in [0.3, 0.4) is 0 Å². The molecule has 9 aromatic rings. The summed E-state index contributed by atoms with van der Waals surface area (Å²) < 4.78 is 2.38. The number of rotatable bonds is 6. The summed E-state index contributed by atoms with van der Waals surface area (Å²) in [5.41, 5.74) is 14.0. The third-order valence-electron chi connectivity index (χ3n) is 10.6. The van der Waals surface area contributed by atoms with Gasteiger partial charge in [-0.05, 0) is 81.8 Å². The normalized spacial score (nSPS) is 13.0. The molecule has 53 heavy (non-hydrogen) atoms. The topological polar surface area (TPSA) is 30.7 Å². The predicted octanol–water partition coefficient (Wildman–Crippen LogP) is 13.0. The van der Waals surface area contributed by atoms with Gasteiger partial charge in [-0.3, -0.25) is 0 Å². The van der Waals surface area contributed by atoms with Gasteiger partial charge in [-0.2, -0.15) is 0 Å². The number of para-hydroxylation sites is 2. The van der Waals surface area contributed by atoms with E-state index in [-0.39, 0.29) is 0 Å². The van der Waals surface area contributed by atoms with E-state index in [9.17, 15) is 0 Å². The van der Waals surface area contributed by atoms with Gasteiger partial charge in [0, 0.05) is 27.6 Å². The lowest BCUT2D eigenvalue weighted by molar-refractivity contribution is 1.04. The van der Waals surface area contributed by atoms with Crippen LogP contribution in [0.2, 0.25) is 0 Å². The summed E-state index contributed by atoms with van der Waals surface area (Å²) in [4.78, 5) is 10.1. The molecule has 2 aromatic heterocycles. The lowest BCUT2D eigenvalue weighted by atomic mass is 9.86. The molecule has 0 unspecified atom stereocenters. The molecule has 0 bridgehead atoms. The molecule has 1 aliphatic carbocycles. The first-order valence-electron chi connectivity index (χ1n) is 18.3. The molecule has 0 aliphatic heterocycles. The first-order chi connectivity index (χ1) is 26.3. The van der Waals surface area contributed by atoms with Crippen molar-refractivity contribution in [3.8, 4) is 39.5 Å². The molecule has 7 aromatic carbocycles. The fourth-order valence-electron chi connectivity index (χ4n) is 8.00. The van der Waals surface area contributed by atoms with E-state index in [4.69, 9.17) is 9.97 Å². The Labute approximate surface area is 308 Å². The molecule has 250 valence electrons. The van der Waals surface area contributed by atoms with Crippen LogP contribution in [0, 0.1) is 0 Å². The van der Waals surface area contributed by atoms with Crippen molar-refractivity contribution in [3.63, 3.8) is 0 Å². The largest absolute Gasteiger partial charge is 0.309 e. The third kappa shape index (κ3) is 5.55. The number of benzene rings is 7. The summed E-state index contributed by atoms with van der Waals surface area (Å²) >= 11 is 0. The average Bonchev–Trinajstić information content (AvgIpc) is 3.58. The second kappa shape index (κ2) is 13.0. The van der Waals surface area contributed by atoms with Crippen LogP contribution >= 0.6 is 0 Å². The molecule has 3 nitrogen and oxygen atoms in total. The van der Waals surface area contributed by atoms with Crippen LogP contribution in [-0.2, 0) is 0 Å². The highest BCUT2D eigenvalue weighted by molar-refractivity contribution is 6.09. The van der Waals surface area contributed by atoms with Gasteiger partial charge in [0.15, 0.2) is 5.82 Å². The number of hydrogen-bond acceptors (Lipinski definition) is 2. The Kier molecular flexibility index (Phi) is 7.62. The van der Waals surface area contributed by atoms with E-state index in [1.807, 2.05) is 24.3 Å². The van der Waals surface area contributed by atoms with Crippen molar-refractivity contribution in [2.75, 3.05) is 0 Å². The van der Waals surface area contributed by atoms with Crippen molar-refractivity contribution in [2.45, 2.75) is 12.8 Å². The summed E-state index contributed by atoms with van der Waals surface area (Å²) in [6.45, 7) is 0. The summed E-state index contributed by atoms with van der Waals surface area (Å²) in [7, 11) is 0. The van der Waals surface area contributed by atoms with E-state index in [0.717, 1.165) is 46.9 Å². The van der Waals surface area contributed by atoms with Gasteiger partial charge in [0.05, 0.1) is 22.4 Å². The van der Waals surface area contributed by atoms with Gasteiger partial charge >= 0.3 is 0 Å². The molecule has 0 saturated heterocycles. The van der Waals surface area contributed by atoms with Crippen LogP contribution in [0.1, 0.15) is 24.1 Å². The Morgan fingerprint density at radius 2 is 0.981 bits per heavy atom. The second-order valence-electron chi connectivity index (χ2n) is 13.7.